The van der Waals surface area contributed by atoms with Gasteiger partial charge >= 0.3 is 0 Å². The molecule has 0 aromatic carbocycles. The van der Waals surface area contributed by atoms with E-state index in [1.54, 1.807) is 0 Å². The second-order valence-electron chi connectivity index (χ2n) is 4.31. The van der Waals surface area contributed by atoms with Crippen LogP contribution in [-0.4, -0.2) is 40.6 Å². The van der Waals surface area contributed by atoms with Gasteiger partial charge in [-0.2, -0.15) is 16.7 Å². The van der Waals surface area contributed by atoms with Crippen molar-refractivity contribution < 1.29 is 9.26 Å². The highest BCUT2D eigenvalue weighted by molar-refractivity contribution is 8.06. The zero-order valence-corrected chi connectivity index (χ0v) is 11.3. The number of hydrogen-bond acceptors (Lipinski definition) is 6. The van der Waals surface area contributed by atoms with Crippen LogP contribution < -0.4 is 0 Å². The summed E-state index contributed by atoms with van der Waals surface area (Å²) in [5, 5.41) is 4.58. The Morgan fingerprint density at radius 3 is 2.82 bits per heavy atom. The summed E-state index contributed by atoms with van der Waals surface area (Å²) in [6.45, 7) is 1.63. The lowest BCUT2D eigenvalue weighted by Gasteiger charge is -2.18. The molecule has 2 aliphatic rings. The molecule has 0 amide bonds. The Bertz CT molecular complexity index is 328. The quantitative estimate of drug-likeness (QED) is 0.824. The lowest BCUT2D eigenvalue weighted by Crippen LogP contribution is -2.14. The highest BCUT2D eigenvalue weighted by Crippen LogP contribution is 2.36. The predicted molar refractivity (Wildman–Crippen MR) is 69.6 cm³/mol. The standard InChI is InChI=1S/C11H16N2O2S2/c1-3-14-4-2-8(1)11-12-10(13-15-11)9-7-16-5-6-17-9/h8-9H,1-7H2/t9-/m1/s1. The fraction of sp³-hybridized carbons (Fsp3) is 0.818. The Labute approximate surface area is 109 Å². The second kappa shape index (κ2) is 5.63. The Balaban J connectivity index is 1.68. The highest BCUT2D eigenvalue weighted by atomic mass is 32.2. The zero-order chi connectivity index (χ0) is 11.5. The van der Waals surface area contributed by atoms with E-state index >= 15 is 0 Å². The van der Waals surface area contributed by atoms with Crippen LogP contribution in [-0.2, 0) is 4.74 Å². The van der Waals surface area contributed by atoms with E-state index in [0.29, 0.717) is 11.2 Å². The predicted octanol–water partition coefficient (Wildman–Crippen LogP) is 2.48. The number of thioether (sulfide) groups is 2. The van der Waals surface area contributed by atoms with Gasteiger partial charge in [0, 0.05) is 36.4 Å². The van der Waals surface area contributed by atoms with Gasteiger partial charge in [-0.05, 0) is 12.8 Å². The zero-order valence-electron chi connectivity index (χ0n) is 9.63. The molecule has 17 heavy (non-hydrogen) atoms. The van der Waals surface area contributed by atoms with Gasteiger partial charge in [0.15, 0.2) is 5.82 Å². The Hall–Kier alpha value is -0.200. The lowest BCUT2D eigenvalue weighted by molar-refractivity contribution is 0.0778. The molecular weight excluding hydrogens is 256 g/mol. The lowest BCUT2D eigenvalue weighted by atomic mass is 10.0. The van der Waals surface area contributed by atoms with Crippen molar-refractivity contribution >= 4 is 23.5 Å². The first-order chi connectivity index (χ1) is 8.43. The molecule has 4 nitrogen and oxygen atoms in total. The minimum Gasteiger partial charge on any atom is -0.381 e. The molecule has 1 aromatic rings. The summed E-state index contributed by atoms with van der Waals surface area (Å²) in [4.78, 5) is 4.59. The van der Waals surface area contributed by atoms with E-state index in [4.69, 9.17) is 9.26 Å². The largest absolute Gasteiger partial charge is 0.381 e. The van der Waals surface area contributed by atoms with Crippen LogP contribution in [0.4, 0.5) is 0 Å². The minimum atomic E-state index is 0.409. The van der Waals surface area contributed by atoms with Crippen molar-refractivity contribution in [3.8, 4) is 0 Å². The summed E-state index contributed by atoms with van der Waals surface area (Å²) in [5.41, 5.74) is 0. The fourth-order valence-electron chi connectivity index (χ4n) is 2.13. The van der Waals surface area contributed by atoms with E-state index in [1.165, 1.54) is 11.5 Å². The molecule has 0 bridgehead atoms. The van der Waals surface area contributed by atoms with Crippen molar-refractivity contribution in [2.24, 2.45) is 0 Å². The SMILES string of the molecule is C1CC(c2nc([C@H]3CSCCS3)no2)CCO1. The molecule has 1 aromatic heterocycles. The summed E-state index contributed by atoms with van der Waals surface area (Å²) in [5.74, 6) is 5.66. The average Bonchev–Trinajstić information content (AvgIpc) is 2.90. The maximum Gasteiger partial charge on any atom is 0.229 e. The summed E-state index contributed by atoms with van der Waals surface area (Å²) >= 11 is 3.93. The van der Waals surface area contributed by atoms with Crippen LogP contribution in [0.15, 0.2) is 4.52 Å². The van der Waals surface area contributed by atoms with Crippen molar-refractivity contribution in [3.05, 3.63) is 11.7 Å². The third-order valence-corrected chi connectivity index (χ3v) is 5.88. The van der Waals surface area contributed by atoms with Gasteiger partial charge in [-0.1, -0.05) is 5.16 Å². The summed E-state index contributed by atoms with van der Waals surface area (Å²) < 4.78 is 10.8. The molecule has 2 aliphatic heterocycles. The van der Waals surface area contributed by atoms with Gasteiger partial charge in [-0.15, -0.1) is 11.8 Å². The van der Waals surface area contributed by atoms with Crippen LogP contribution in [0.25, 0.3) is 0 Å². The maximum absolute atomic E-state index is 5.42. The van der Waals surface area contributed by atoms with E-state index in [-0.39, 0.29) is 0 Å². The molecule has 6 heteroatoms. The minimum absolute atomic E-state index is 0.409. The third-order valence-electron chi connectivity index (χ3n) is 3.13. The maximum atomic E-state index is 5.42. The molecule has 1 atom stereocenters. The summed E-state index contributed by atoms with van der Waals surface area (Å²) in [7, 11) is 0. The normalized spacial score (nSPS) is 27.2. The van der Waals surface area contributed by atoms with Crippen LogP contribution in [0.1, 0.15) is 35.7 Å². The van der Waals surface area contributed by atoms with E-state index in [2.05, 4.69) is 10.1 Å². The van der Waals surface area contributed by atoms with Crippen LogP contribution in [0.2, 0.25) is 0 Å². The number of hydrogen-bond donors (Lipinski definition) is 0. The number of rotatable bonds is 2. The van der Waals surface area contributed by atoms with E-state index in [1.807, 2.05) is 23.5 Å². The molecule has 0 radical (unpaired) electrons. The molecule has 0 spiro atoms. The van der Waals surface area contributed by atoms with Crippen LogP contribution in [0.5, 0.6) is 0 Å². The molecule has 0 unspecified atom stereocenters. The Morgan fingerprint density at radius 1 is 1.18 bits per heavy atom. The topological polar surface area (TPSA) is 48.2 Å². The molecule has 3 rings (SSSR count). The second-order valence-corrected chi connectivity index (χ2v) is 6.77. The highest BCUT2D eigenvalue weighted by Gasteiger charge is 2.26. The van der Waals surface area contributed by atoms with Crippen molar-refractivity contribution in [2.75, 3.05) is 30.5 Å². The monoisotopic (exact) mass is 272 g/mol. The molecule has 2 saturated heterocycles. The van der Waals surface area contributed by atoms with Gasteiger partial charge < -0.3 is 9.26 Å². The molecular formula is C11H16N2O2S2. The summed E-state index contributed by atoms with van der Waals surface area (Å²) in [6.07, 6.45) is 2.02. The molecule has 94 valence electrons. The van der Waals surface area contributed by atoms with Gasteiger partial charge in [0.1, 0.15) is 0 Å². The average molecular weight is 272 g/mol. The Kier molecular flexibility index (Phi) is 3.93. The number of nitrogens with zero attached hydrogens (tertiary/aromatic N) is 2. The van der Waals surface area contributed by atoms with E-state index < -0.39 is 0 Å². The molecule has 0 aliphatic carbocycles. The van der Waals surface area contributed by atoms with Crippen LogP contribution in [0.3, 0.4) is 0 Å². The van der Waals surface area contributed by atoms with Gasteiger partial charge in [0.25, 0.3) is 0 Å². The summed E-state index contributed by atoms with van der Waals surface area (Å²) in [6, 6.07) is 0. The van der Waals surface area contributed by atoms with Crippen LogP contribution in [0, 0.1) is 0 Å². The van der Waals surface area contributed by atoms with Gasteiger partial charge in [-0.25, -0.2) is 0 Å². The fourth-order valence-corrected chi connectivity index (χ4v) is 4.71. The van der Waals surface area contributed by atoms with E-state index in [9.17, 15) is 0 Å². The van der Waals surface area contributed by atoms with E-state index in [0.717, 1.165) is 43.5 Å². The van der Waals surface area contributed by atoms with Crippen molar-refractivity contribution in [3.63, 3.8) is 0 Å². The van der Waals surface area contributed by atoms with Gasteiger partial charge in [0.05, 0.1) is 5.25 Å². The smallest absolute Gasteiger partial charge is 0.229 e. The third kappa shape index (κ3) is 2.80. The molecule has 0 saturated carbocycles. The first-order valence-electron chi connectivity index (χ1n) is 6.04. The first-order valence-corrected chi connectivity index (χ1v) is 8.24. The number of aromatic nitrogens is 2. The Morgan fingerprint density at radius 2 is 2.06 bits per heavy atom. The molecule has 0 N–H and O–H groups in total. The van der Waals surface area contributed by atoms with Crippen molar-refractivity contribution in [1.82, 2.24) is 10.1 Å². The van der Waals surface area contributed by atoms with Gasteiger partial charge in [0.2, 0.25) is 5.89 Å². The van der Waals surface area contributed by atoms with Crippen LogP contribution >= 0.6 is 23.5 Å². The molecule has 3 heterocycles. The van der Waals surface area contributed by atoms with Gasteiger partial charge in [-0.3, -0.25) is 0 Å². The first kappa shape index (κ1) is 11.9. The van der Waals surface area contributed by atoms with Crippen molar-refractivity contribution in [2.45, 2.75) is 24.0 Å². The van der Waals surface area contributed by atoms with Crippen molar-refractivity contribution in [1.29, 1.82) is 0 Å². The number of ether oxygens (including phenoxy) is 1. The molecule has 2 fully saturated rings.